The van der Waals surface area contributed by atoms with Gasteiger partial charge in [-0.3, -0.25) is 4.55 Å². The molecule has 6 nitrogen and oxygen atoms in total. The van der Waals surface area contributed by atoms with E-state index in [4.69, 9.17) is 18.8 Å². The predicted molar refractivity (Wildman–Crippen MR) is 109 cm³/mol. The van der Waals surface area contributed by atoms with Crippen molar-refractivity contribution in [1.82, 2.24) is 0 Å². The van der Waals surface area contributed by atoms with Crippen LogP contribution in [0.3, 0.4) is 0 Å². The monoisotopic (exact) mass is 417 g/mol. The number of rotatable bonds is 16. The van der Waals surface area contributed by atoms with Gasteiger partial charge in [-0.25, -0.2) is 0 Å². The van der Waals surface area contributed by atoms with Crippen molar-refractivity contribution >= 4 is 39.7 Å². The molecule has 157 valence electrons. The molecule has 0 aromatic rings. The summed E-state index contributed by atoms with van der Waals surface area (Å²) in [7, 11) is -3.90. The quantitative estimate of drug-likeness (QED) is 0.233. The van der Waals surface area contributed by atoms with Crippen LogP contribution in [0.5, 0.6) is 0 Å². The molecule has 8 heteroatoms. The first kappa shape index (κ1) is 27.8. The van der Waals surface area contributed by atoms with E-state index < -0.39 is 15.9 Å². The standard InChI is InChI=1S/C19H38O6S.Na/c1-3-4-5-6-7-8-9-10-11-13-19(2)24-17-18(25-19)16-23-14-12-15-26(20,21)22;/h18H,3-17H2,1-2H3,(H,20,21,22);. The van der Waals surface area contributed by atoms with E-state index in [1.807, 2.05) is 6.92 Å². The minimum Gasteiger partial charge on any atom is -0.379 e. The van der Waals surface area contributed by atoms with E-state index in [0.29, 0.717) is 13.2 Å². The Morgan fingerprint density at radius 2 is 1.63 bits per heavy atom. The molecule has 1 saturated heterocycles. The van der Waals surface area contributed by atoms with E-state index in [1.165, 1.54) is 51.4 Å². The van der Waals surface area contributed by atoms with Crippen LogP contribution >= 0.6 is 0 Å². The van der Waals surface area contributed by atoms with Gasteiger partial charge in [0.1, 0.15) is 6.10 Å². The first-order valence-electron chi connectivity index (χ1n) is 10.2. The van der Waals surface area contributed by atoms with Gasteiger partial charge in [0.05, 0.1) is 19.0 Å². The smallest absolute Gasteiger partial charge is 0.264 e. The molecule has 1 radical (unpaired) electrons. The Morgan fingerprint density at radius 3 is 2.22 bits per heavy atom. The second kappa shape index (κ2) is 15.6. The summed E-state index contributed by atoms with van der Waals surface area (Å²) in [5, 5.41) is 0. The van der Waals surface area contributed by atoms with E-state index in [0.717, 1.165) is 12.8 Å². The Hall–Kier alpha value is 0.790. The molecule has 27 heavy (non-hydrogen) atoms. The van der Waals surface area contributed by atoms with Crippen molar-refractivity contribution in [1.29, 1.82) is 0 Å². The molecule has 2 atom stereocenters. The number of unbranched alkanes of at least 4 members (excludes halogenated alkanes) is 8. The van der Waals surface area contributed by atoms with Gasteiger partial charge in [-0.15, -0.1) is 0 Å². The Kier molecular flexibility index (Phi) is 16.1. The van der Waals surface area contributed by atoms with Gasteiger partial charge < -0.3 is 14.2 Å². The van der Waals surface area contributed by atoms with Crippen molar-refractivity contribution in [2.45, 2.75) is 96.4 Å². The molecule has 1 aliphatic heterocycles. The second-order valence-corrected chi connectivity index (χ2v) is 9.05. The SMILES string of the molecule is CCCCCCCCCCCC1(C)OCC(COCCCS(=O)(=O)O)O1.[Na]. The molecule has 1 heterocycles. The number of hydrogen-bond acceptors (Lipinski definition) is 5. The van der Waals surface area contributed by atoms with Gasteiger partial charge in [-0.1, -0.05) is 58.3 Å². The largest absolute Gasteiger partial charge is 0.379 e. The number of hydrogen-bond donors (Lipinski definition) is 1. The zero-order valence-electron chi connectivity index (χ0n) is 17.6. The van der Waals surface area contributed by atoms with Crippen LogP contribution in [0.25, 0.3) is 0 Å². The summed E-state index contributed by atoms with van der Waals surface area (Å²) >= 11 is 0. The van der Waals surface area contributed by atoms with Crippen LogP contribution < -0.4 is 0 Å². The summed E-state index contributed by atoms with van der Waals surface area (Å²) in [6.07, 6.45) is 12.7. The second-order valence-electron chi connectivity index (χ2n) is 7.48. The Labute approximate surface area is 188 Å². The first-order chi connectivity index (χ1) is 12.3. The summed E-state index contributed by atoms with van der Waals surface area (Å²) in [5.41, 5.74) is 0. The third kappa shape index (κ3) is 15.3. The Morgan fingerprint density at radius 1 is 1.04 bits per heavy atom. The molecule has 0 saturated carbocycles. The summed E-state index contributed by atoms with van der Waals surface area (Å²) in [6, 6.07) is 0. The molecule has 0 bridgehead atoms. The molecular weight excluding hydrogens is 379 g/mol. The topological polar surface area (TPSA) is 82.1 Å². The molecule has 1 fully saturated rings. The zero-order chi connectivity index (χ0) is 19.3. The van der Waals surface area contributed by atoms with Crippen molar-refractivity contribution in [3.8, 4) is 0 Å². The Balaban J connectivity index is 0.00000676. The van der Waals surface area contributed by atoms with E-state index in [1.54, 1.807) is 0 Å². The van der Waals surface area contributed by atoms with Crippen LogP contribution in [0.1, 0.15) is 84.5 Å². The van der Waals surface area contributed by atoms with Crippen LogP contribution in [-0.2, 0) is 24.3 Å². The molecule has 0 spiro atoms. The minimum absolute atomic E-state index is 0. The third-order valence-electron chi connectivity index (χ3n) is 4.72. The normalized spacial score (nSPS) is 22.7. The van der Waals surface area contributed by atoms with E-state index >= 15 is 0 Å². The van der Waals surface area contributed by atoms with Crippen LogP contribution in [0.2, 0.25) is 0 Å². The maximum atomic E-state index is 10.6. The average Bonchev–Trinajstić information content (AvgIpc) is 2.93. The van der Waals surface area contributed by atoms with Gasteiger partial charge in [-0.05, 0) is 19.8 Å². The molecule has 0 aromatic carbocycles. The van der Waals surface area contributed by atoms with Crippen LogP contribution in [0.4, 0.5) is 0 Å². The molecular formula is C19H38NaO6S. The summed E-state index contributed by atoms with van der Waals surface area (Å²) in [5.74, 6) is -0.797. The van der Waals surface area contributed by atoms with Gasteiger partial charge >= 0.3 is 0 Å². The van der Waals surface area contributed by atoms with E-state index in [9.17, 15) is 8.42 Å². The summed E-state index contributed by atoms with van der Waals surface area (Å²) in [6.45, 7) is 5.41. The van der Waals surface area contributed by atoms with Gasteiger partial charge in [0.15, 0.2) is 5.79 Å². The fraction of sp³-hybridized carbons (Fsp3) is 1.00. The van der Waals surface area contributed by atoms with E-state index in [2.05, 4.69) is 6.92 Å². The van der Waals surface area contributed by atoms with Crippen molar-refractivity contribution < 1.29 is 27.2 Å². The molecule has 0 amide bonds. The van der Waals surface area contributed by atoms with Crippen molar-refractivity contribution in [3.05, 3.63) is 0 Å². The summed E-state index contributed by atoms with van der Waals surface area (Å²) in [4.78, 5) is 0. The maximum absolute atomic E-state index is 10.6. The van der Waals surface area contributed by atoms with Gasteiger partial charge in [0.25, 0.3) is 10.1 Å². The maximum Gasteiger partial charge on any atom is 0.264 e. The molecule has 0 aromatic heterocycles. The summed E-state index contributed by atoms with van der Waals surface area (Å²) < 4.78 is 47.1. The van der Waals surface area contributed by atoms with Crippen molar-refractivity contribution in [2.24, 2.45) is 0 Å². The zero-order valence-corrected chi connectivity index (χ0v) is 20.4. The molecule has 0 aliphatic carbocycles. The van der Waals surface area contributed by atoms with Crippen LogP contribution in [0.15, 0.2) is 0 Å². The van der Waals surface area contributed by atoms with Gasteiger partial charge in [0, 0.05) is 42.6 Å². The number of ether oxygens (including phenoxy) is 3. The molecule has 2 unspecified atom stereocenters. The fourth-order valence-corrected chi connectivity index (χ4v) is 3.70. The molecule has 1 N–H and O–H groups in total. The molecule has 1 aliphatic rings. The Bertz CT molecular complexity index is 459. The third-order valence-corrected chi connectivity index (χ3v) is 5.52. The van der Waals surface area contributed by atoms with Crippen LogP contribution in [0, 0.1) is 0 Å². The first-order valence-corrected chi connectivity index (χ1v) is 11.8. The molecule has 1 rings (SSSR count). The van der Waals surface area contributed by atoms with Gasteiger partial charge in [-0.2, -0.15) is 8.42 Å². The fourth-order valence-electron chi connectivity index (χ4n) is 3.22. The minimum atomic E-state index is -3.90. The van der Waals surface area contributed by atoms with Gasteiger partial charge in [0.2, 0.25) is 0 Å². The average molecular weight is 418 g/mol. The van der Waals surface area contributed by atoms with Crippen molar-refractivity contribution in [3.63, 3.8) is 0 Å². The van der Waals surface area contributed by atoms with Crippen LogP contribution in [-0.4, -0.2) is 80.0 Å². The van der Waals surface area contributed by atoms with Crippen molar-refractivity contribution in [2.75, 3.05) is 25.6 Å². The predicted octanol–water partition coefficient (Wildman–Crippen LogP) is 3.95. The van der Waals surface area contributed by atoms with E-state index in [-0.39, 0.29) is 54.4 Å².